The van der Waals surface area contributed by atoms with Crippen molar-refractivity contribution >= 4 is 29.7 Å². The zero-order valence-electron chi connectivity index (χ0n) is 22.6. The molecule has 0 saturated carbocycles. The Morgan fingerprint density at radius 2 is 1.57 bits per heavy atom. The van der Waals surface area contributed by atoms with Gasteiger partial charge in [0, 0.05) is 55.2 Å². The van der Waals surface area contributed by atoms with Crippen LogP contribution in [0.1, 0.15) is 25.3 Å². The normalized spacial score (nSPS) is 15.5. The number of para-hydroxylation sites is 1. The van der Waals surface area contributed by atoms with Crippen LogP contribution in [-0.4, -0.2) is 67.8 Å². The van der Waals surface area contributed by atoms with E-state index >= 15 is 0 Å². The summed E-state index contributed by atoms with van der Waals surface area (Å²) < 4.78 is 2.08. The summed E-state index contributed by atoms with van der Waals surface area (Å²) in [5.74, 6) is 1.67. The smallest absolute Gasteiger partial charge is 0.246 e. The summed E-state index contributed by atoms with van der Waals surface area (Å²) in [6.45, 7) is 3.66. The highest BCUT2D eigenvalue weighted by Gasteiger charge is 2.28. The van der Waals surface area contributed by atoms with Crippen LogP contribution in [0.3, 0.4) is 0 Å². The van der Waals surface area contributed by atoms with Crippen LogP contribution in [0.25, 0.3) is 23.2 Å². The van der Waals surface area contributed by atoms with Crippen molar-refractivity contribution in [1.82, 2.24) is 24.6 Å². The molecule has 7 nitrogen and oxygen atoms in total. The van der Waals surface area contributed by atoms with Gasteiger partial charge in [0.1, 0.15) is 0 Å². The van der Waals surface area contributed by atoms with E-state index in [4.69, 9.17) is 0 Å². The van der Waals surface area contributed by atoms with E-state index in [1.165, 1.54) is 0 Å². The Balaban J connectivity index is 1.13. The van der Waals surface area contributed by atoms with Gasteiger partial charge < -0.3 is 9.80 Å². The Bertz CT molecular complexity index is 1440. The lowest BCUT2D eigenvalue weighted by Crippen LogP contribution is -2.55. The SMILES string of the molecule is CC1CN(C(=O)CCCSc2nnc(-c3ccccc3)n2-c2ccccc2)CCN1C(=O)/C=C/c1ccccc1. The van der Waals surface area contributed by atoms with Crippen LogP contribution >= 0.6 is 11.8 Å². The molecule has 0 aliphatic carbocycles. The number of nitrogens with zero attached hydrogens (tertiary/aromatic N) is 5. The average Bonchev–Trinajstić information content (AvgIpc) is 3.43. The molecule has 3 aromatic carbocycles. The molecular weight excluding hydrogens is 518 g/mol. The zero-order chi connectivity index (χ0) is 27.7. The molecule has 4 aromatic rings. The third-order valence-electron chi connectivity index (χ3n) is 6.93. The molecule has 1 fully saturated rings. The molecule has 1 aliphatic heterocycles. The van der Waals surface area contributed by atoms with Gasteiger partial charge in [-0.15, -0.1) is 10.2 Å². The summed E-state index contributed by atoms with van der Waals surface area (Å²) in [4.78, 5) is 29.5. The fraction of sp³-hybridized carbons (Fsp3) is 0.250. The molecule has 0 N–H and O–H groups in total. The second-order valence-electron chi connectivity index (χ2n) is 9.76. The molecule has 0 spiro atoms. The van der Waals surface area contributed by atoms with Gasteiger partial charge in [0.15, 0.2) is 11.0 Å². The van der Waals surface area contributed by atoms with E-state index in [9.17, 15) is 9.59 Å². The second kappa shape index (κ2) is 13.3. The maximum atomic E-state index is 13.0. The van der Waals surface area contributed by atoms with Crippen molar-refractivity contribution in [2.45, 2.75) is 31.0 Å². The van der Waals surface area contributed by atoms with E-state index in [0.29, 0.717) is 26.1 Å². The van der Waals surface area contributed by atoms with Gasteiger partial charge in [-0.1, -0.05) is 90.6 Å². The van der Waals surface area contributed by atoms with Gasteiger partial charge in [-0.05, 0) is 37.1 Å². The number of carbonyl (C=O) groups is 2. The minimum Gasteiger partial charge on any atom is -0.339 e. The predicted octanol–water partition coefficient (Wildman–Crippen LogP) is 5.58. The first-order valence-corrected chi connectivity index (χ1v) is 14.6. The first kappa shape index (κ1) is 27.4. The van der Waals surface area contributed by atoms with Crippen molar-refractivity contribution in [3.63, 3.8) is 0 Å². The van der Waals surface area contributed by atoms with Gasteiger partial charge in [0.25, 0.3) is 0 Å². The van der Waals surface area contributed by atoms with E-state index in [1.807, 2.05) is 114 Å². The number of carbonyl (C=O) groups excluding carboxylic acids is 2. The summed E-state index contributed by atoms with van der Waals surface area (Å²) in [7, 11) is 0. The predicted molar refractivity (Wildman–Crippen MR) is 160 cm³/mol. The number of piperazine rings is 1. The molecule has 1 saturated heterocycles. The fourth-order valence-electron chi connectivity index (χ4n) is 4.83. The monoisotopic (exact) mass is 551 g/mol. The van der Waals surface area contributed by atoms with Crippen LogP contribution in [0.15, 0.2) is 102 Å². The Kier molecular flexibility index (Phi) is 9.08. The number of rotatable bonds is 9. The van der Waals surface area contributed by atoms with Gasteiger partial charge >= 0.3 is 0 Å². The minimum absolute atomic E-state index is 0.0164. The highest BCUT2D eigenvalue weighted by Crippen LogP contribution is 2.28. The van der Waals surface area contributed by atoms with Crippen molar-refractivity contribution in [3.05, 3.63) is 103 Å². The number of aromatic nitrogens is 3. The lowest BCUT2D eigenvalue weighted by atomic mass is 10.1. The Morgan fingerprint density at radius 3 is 2.27 bits per heavy atom. The number of thioether (sulfide) groups is 1. The largest absolute Gasteiger partial charge is 0.339 e. The topological polar surface area (TPSA) is 71.3 Å². The molecule has 1 unspecified atom stereocenters. The van der Waals surface area contributed by atoms with Gasteiger partial charge in [-0.25, -0.2) is 0 Å². The average molecular weight is 552 g/mol. The van der Waals surface area contributed by atoms with E-state index in [2.05, 4.69) is 14.8 Å². The Labute approximate surface area is 239 Å². The Morgan fingerprint density at radius 1 is 0.900 bits per heavy atom. The van der Waals surface area contributed by atoms with E-state index in [1.54, 1.807) is 17.8 Å². The van der Waals surface area contributed by atoms with Crippen molar-refractivity contribution in [1.29, 1.82) is 0 Å². The van der Waals surface area contributed by atoms with E-state index < -0.39 is 0 Å². The standard InChI is InChI=1S/C32H33N5O2S/c1-25-24-35(21-22-36(25)30(39)20-19-26-12-5-2-6-13-26)29(38)18-11-23-40-32-34-33-31(27-14-7-3-8-15-27)37(32)28-16-9-4-10-17-28/h2-10,12-17,19-20,25H,11,18,21-24H2,1H3/b20-19+. The van der Waals surface area contributed by atoms with Crippen molar-refractivity contribution in [3.8, 4) is 17.1 Å². The minimum atomic E-state index is -0.0270. The molecule has 204 valence electrons. The number of amides is 2. The molecule has 8 heteroatoms. The molecule has 0 bridgehead atoms. The first-order valence-electron chi connectivity index (χ1n) is 13.6. The molecule has 0 radical (unpaired) electrons. The van der Waals surface area contributed by atoms with Crippen LogP contribution in [-0.2, 0) is 9.59 Å². The summed E-state index contributed by atoms with van der Waals surface area (Å²) in [6.07, 6.45) is 4.66. The number of hydrogen-bond donors (Lipinski definition) is 0. The molecule has 40 heavy (non-hydrogen) atoms. The van der Waals surface area contributed by atoms with Gasteiger partial charge in [0.2, 0.25) is 11.8 Å². The van der Waals surface area contributed by atoms with Crippen molar-refractivity contribution in [2.24, 2.45) is 0 Å². The third kappa shape index (κ3) is 6.69. The van der Waals surface area contributed by atoms with Crippen molar-refractivity contribution in [2.75, 3.05) is 25.4 Å². The lowest BCUT2D eigenvalue weighted by Gasteiger charge is -2.39. The first-order chi connectivity index (χ1) is 19.6. The maximum Gasteiger partial charge on any atom is 0.246 e. The summed E-state index contributed by atoms with van der Waals surface area (Å²) >= 11 is 1.61. The summed E-state index contributed by atoms with van der Waals surface area (Å²) in [5, 5.41) is 9.78. The number of benzene rings is 3. The van der Waals surface area contributed by atoms with Crippen LogP contribution < -0.4 is 0 Å². The molecule has 5 rings (SSSR count). The summed E-state index contributed by atoms with van der Waals surface area (Å²) in [6, 6.07) is 29.9. The number of hydrogen-bond acceptors (Lipinski definition) is 5. The summed E-state index contributed by atoms with van der Waals surface area (Å²) in [5.41, 5.74) is 3.00. The lowest BCUT2D eigenvalue weighted by molar-refractivity contribution is -0.139. The van der Waals surface area contributed by atoms with Crippen molar-refractivity contribution < 1.29 is 9.59 Å². The molecular formula is C32H33N5O2S. The highest BCUT2D eigenvalue weighted by atomic mass is 32.2. The molecule has 2 heterocycles. The van der Waals surface area contributed by atoms with Crippen LogP contribution in [0.4, 0.5) is 0 Å². The van der Waals surface area contributed by atoms with Crippen LogP contribution in [0.2, 0.25) is 0 Å². The highest BCUT2D eigenvalue weighted by molar-refractivity contribution is 7.99. The van der Waals surface area contributed by atoms with Crippen LogP contribution in [0.5, 0.6) is 0 Å². The maximum absolute atomic E-state index is 13.0. The van der Waals surface area contributed by atoms with Gasteiger partial charge in [-0.3, -0.25) is 14.2 Å². The molecule has 2 amide bonds. The van der Waals surface area contributed by atoms with E-state index in [-0.39, 0.29) is 17.9 Å². The third-order valence-corrected chi connectivity index (χ3v) is 7.94. The molecule has 1 aliphatic rings. The van der Waals surface area contributed by atoms with Crippen LogP contribution in [0, 0.1) is 0 Å². The fourth-order valence-corrected chi connectivity index (χ4v) is 5.72. The van der Waals surface area contributed by atoms with Gasteiger partial charge in [0.05, 0.1) is 0 Å². The molecule has 1 aromatic heterocycles. The second-order valence-corrected chi connectivity index (χ2v) is 10.8. The molecule has 1 atom stereocenters. The zero-order valence-corrected chi connectivity index (χ0v) is 23.4. The van der Waals surface area contributed by atoms with Gasteiger partial charge in [-0.2, -0.15) is 0 Å². The quantitative estimate of drug-likeness (QED) is 0.154. The van der Waals surface area contributed by atoms with E-state index in [0.717, 1.165) is 40.0 Å². The Hall–Kier alpha value is -4.17.